The second kappa shape index (κ2) is 7.44. The molecule has 0 heterocycles. The minimum atomic E-state index is -0.642. The van der Waals surface area contributed by atoms with Gasteiger partial charge in [-0.15, -0.1) is 0 Å². The first kappa shape index (κ1) is 15.9. The molecule has 0 aromatic heterocycles. The van der Waals surface area contributed by atoms with Crippen LogP contribution in [0.25, 0.3) is 0 Å². The Bertz CT molecular complexity index is 533. The van der Waals surface area contributed by atoms with Gasteiger partial charge in [-0.2, -0.15) is 0 Å². The van der Waals surface area contributed by atoms with E-state index < -0.39 is 16.8 Å². The number of rotatable bonds is 6. The van der Waals surface area contributed by atoms with Crippen molar-refractivity contribution in [1.82, 2.24) is 0 Å². The van der Waals surface area contributed by atoms with E-state index in [4.69, 9.17) is 11.6 Å². The maximum Gasteiger partial charge on any atom is 0.306 e. The van der Waals surface area contributed by atoms with Gasteiger partial charge in [0.25, 0.3) is 5.69 Å². The predicted molar refractivity (Wildman–Crippen MR) is 72.6 cm³/mol. The molecule has 0 unspecified atom stereocenters. The zero-order valence-electron chi connectivity index (χ0n) is 10.7. The van der Waals surface area contributed by atoms with Crippen molar-refractivity contribution in [3.05, 3.63) is 33.3 Å². The van der Waals surface area contributed by atoms with Crippen molar-refractivity contribution in [1.29, 1.82) is 0 Å². The van der Waals surface area contributed by atoms with E-state index in [0.717, 1.165) is 6.07 Å². The topological polar surface area (TPSA) is 98.5 Å². The van der Waals surface area contributed by atoms with Crippen LogP contribution in [0.1, 0.15) is 19.8 Å². The third-order valence-corrected chi connectivity index (χ3v) is 2.61. The summed E-state index contributed by atoms with van der Waals surface area (Å²) in [7, 11) is 0. The fourth-order valence-corrected chi connectivity index (χ4v) is 1.59. The molecule has 1 rings (SSSR count). The van der Waals surface area contributed by atoms with Gasteiger partial charge in [-0.1, -0.05) is 11.6 Å². The number of carbonyl (C=O) groups is 2. The van der Waals surface area contributed by atoms with Crippen molar-refractivity contribution in [3.63, 3.8) is 0 Å². The largest absolute Gasteiger partial charge is 0.466 e. The van der Waals surface area contributed by atoms with Crippen molar-refractivity contribution >= 4 is 34.9 Å². The third kappa shape index (κ3) is 4.85. The highest BCUT2D eigenvalue weighted by Crippen LogP contribution is 2.27. The number of halogens is 1. The van der Waals surface area contributed by atoms with E-state index in [-0.39, 0.29) is 35.8 Å². The van der Waals surface area contributed by atoms with Crippen LogP contribution in [-0.4, -0.2) is 23.4 Å². The molecule has 1 amide bonds. The maximum absolute atomic E-state index is 11.6. The zero-order valence-corrected chi connectivity index (χ0v) is 11.5. The summed E-state index contributed by atoms with van der Waals surface area (Å²) < 4.78 is 4.68. The summed E-state index contributed by atoms with van der Waals surface area (Å²) in [5.74, 6) is -0.903. The molecule has 1 aromatic carbocycles. The molecule has 7 nitrogen and oxygen atoms in total. The van der Waals surface area contributed by atoms with Crippen molar-refractivity contribution in [2.45, 2.75) is 19.8 Å². The molecule has 0 saturated heterocycles. The van der Waals surface area contributed by atoms with Gasteiger partial charge in [0.15, 0.2) is 0 Å². The summed E-state index contributed by atoms with van der Waals surface area (Å²) in [6.07, 6.45) is -0.107. The number of esters is 1. The van der Waals surface area contributed by atoms with E-state index >= 15 is 0 Å². The molecule has 1 aromatic rings. The SMILES string of the molecule is CCOC(=O)CCC(=O)Nc1ccc(Cl)c([N+](=O)[O-])c1. The lowest BCUT2D eigenvalue weighted by Crippen LogP contribution is -2.14. The van der Waals surface area contributed by atoms with E-state index in [1.54, 1.807) is 6.92 Å². The van der Waals surface area contributed by atoms with Crippen molar-refractivity contribution in [3.8, 4) is 0 Å². The normalized spacial score (nSPS) is 9.90. The summed E-state index contributed by atoms with van der Waals surface area (Å²) >= 11 is 5.65. The Hall–Kier alpha value is -2.15. The first-order valence-corrected chi connectivity index (χ1v) is 6.21. The van der Waals surface area contributed by atoms with Crippen LogP contribution in [0.4, 0.5) is 11.4 Å². The van der Waals surface area contributed by atoms with Crippen molar-refractivity contribution in [2.75, 3.05) is 11.9 Å². The number of nitrogens with zero attached hydrogens (tertiary/aromatic N) is 1. The smallest absolute Gasteiger partial charge is 0.306 e. The van der Waals surface area contributed by atoms with Crippen LogP contribution in [0.5, 0.6) is 0 Å². The minimum Gasteiger partial charge on any atom is -0.466 e. The van der Waals surface area contributed by atoms with Crippen LogP contribution in [0.2, 0.25) is 5.02 Å². The van der Waals surface area contributed by atoms with E-state index in [2.05, 4.69) is 10.1 Å². The Morgan fingerprint density at radius 2 is 2.10 bits per heavy atom. The van der Waals surface area contributed by atoms with Crippen molar-refractivity contribution < 1.29 is 19.2 Å². The zero-order chi connectivity index (χ0) is 15.1. The number of hydrogen-bond donors (Lipinski definition) is 1. The summed E-state index contributed by atoms with van der Waals surface area (Å²) in [4.78, 5) is 32.7. The second-order valence-electron chi connectivity index (χ2n) is 3.78. The first-order chi connectivity index (χ1) is 9.43. The number of hydrogen-bond acceptors (Lipinski definition) is 5. The van der Waals surface area contributed by atoms with Crippen LogP contribution in [0.15, 0.2) is 18.2 Å². The van der Waals surface area contributed by atoms with E-state index in [9.17, 15) is 19.7 Å². The highest BCUT2D eigenvalue weighted by atomic mass is 35.5. The Balaban J connectivity index is 2.60. The summed E-state index contributed by atoms with van der Waals surface area (Å²) in [6, 6.07) is 3.92. The fraction of sp³-hybridized carbons (Fsp3) is 0.333. The maximum atomic E-state index is 11.6. The van der Waals surface area contributed by atoms with Gasteiger partial charge in [0.05, 0.1) is 18.0 Å². The van der Waals surface area contributed by atoms with Gasteiger partial charge >= 0.3 is 5.97 Å². The monoisotopic (exact) mass is 300 g/mol. The Kier molecular flexibility index (Phi) is 5.92. The molecule has 0 aliphatic carbocycles. The predicted octanol–water partition coefficient (Wildman–Crippen LogP) is 2.53. The molecule has 0 aliphatic rings. The summed E-state index contributed by atoms with van der Waals surface area (Å²) in [5, 5.41) is 13.1. The molecular weight excluding hydrogens is 288 g/mol. The highest BCUT2D eigenvalue weighted by Gasteiger charge is 2.14. The molecule has 0 bridgehead atoms. The number of carbonyl (C=O) groups excluding carboxylic acids is 2. The second-order valence-corrected chi connectivity index (χ2v) is 4.18. The van der Waals surface area contributed by atoms with Crippen LogP contribution < -0.4 is 5.32 Å². The van der Waals surface area contributed by atoms with Gasteiger partial charge in [0, 0.05) is 18.2 Å². The molecule has 0 spiro atoms. The Morgan fingerprint density at radius 1 is 1.40 bits per heavy atom. The lowest BCUT2D eigenvalue weighted by Gasteiger charge is -2.05. The summed E-state index contributed by atoms with van der Waals surface area (Å²) in [6.45, 7) is 1.93. The average molecular weight is 301 g/mol. The van der Waals surface area contributed by atoms with Gasteiger partial charge in [-0.25, -0.2) is 0 Å². The van der Waals surface area contributed by atoms with Crippen LogP contribution >= 0.6 is 11.6 Å². The molecule has 108 valence electrons. The lowest BCUT2D eigenvalue weighted by atomic mass is 10.2. The average Bonchev–Trinajstić information content (AvgIpc) is 2.39. The van der Waals surface area contributed by atoms with Crippen LogP contribution in [-0.2, 0) is 14.3 Å². The van der Waals surface area contributed by atoms with Crippen LogP contribution in [0.3, 0.4) is 0 Å². The fourth-order valence-electron chi connectivity index (χ4n) is 1.40. The molecule has 0 fully saturated rings. The van der Waals surface area contributed by atoms with Gasteiger partial charge in [-0.05, 0) is 19.1 Å². The van der Waals surface area contributed by atoms with E-state index in [1.165, 1.54) is 12.1 Å². The quantitative estimate of drug-likeness (QED) is 0.494. The Labute approximate surface area is 120 Å². The van der Waals surface area contributed by atoms with Crippen LogP contribution in [0, 0.1) is 10.1 Å². The molecular formula is C12H13ClN2O5. The van der Waals surface area contributed by atoms with E-state index in [0.29, 0.717) is 0 Å². The minimum absolute atomic E-state index is 0.0143. The van der Waals surface area contributed by atoms with Gasteiger partial charge in [-0.3, -0.25) is 19.7 Å². The number of nitro benzene ring substituents is 1. The molecule has 8 heteroatoms. The molecule has 20 heavy (non-hydrogen) atoms. The molecule has 1 N–H and O–H groups in total. The number of nitro groups is 1. The summed E-state index contributed by atoms with van der Waals surface area (Å²) in [5.41, 5.74) is -0.0511. The molecule has 0 aliphatic heterocycles. The number of nitrogens with one attached hydrogen (secondary N) is 1. The van der Waals surface area contributed by atoms with Gasteiger partial charge in [0.2, 0.25) is 5.91 Å². The third-order valence-electron chi connectivity index (χ3n) is 2.29. The number of benzene rings is 1. The van der Waals surface area contributed by atoms with Gasteiger partial charge < -0.3 is 10.1 Å². The number of amides is 1. The van der Waals surface area contributed by atoms with Gasteiger partial charge in [0.1, 0.15) is 5.02 Å². The first-order valence-electron chi connectivity index (χ1n) is 5.83. The highest BCUT2D eigenvalue weighted by molar-refractivity contribution is 6.32. The number of ether oxygens (including phenoxy) is 1. The molecule has 0 radical (unpaired) electrons. The van der Waals surface area contributed by atoms with E-state index in [1.807, 2.05) is 0 Å². The lowest BCUT2D eigenvalue weighted by molar-refractivity contribution is -0.384. The number of anilines is 1. The molecule has 0 atom stereocenters. The van der Waals surface area contributed by atoms with Crippen molar-refractivity contribution in [2.24, 2.45) is 0 Å². The standard InChI is InChI=1S/C12H13ClN2O5/c1-2-20-12(17)6-5-11(16)14-8-3-4-9(13)10(7-8)15(18)19/h3-4,7H,2,5-6H2,1H3,(H,14,16). The Morgan fingerprint density at radius 3 is 2.70 bits per heavy atom. The molecule has 0 saturated carbocycles.